The number of carboxylic acids is 1. The molecule has 0 radical (unpaired) electrons. The molecule has 1 aromatic rings. The van der Waals surface area contributed by atoms with E-state index in [1.807, 2.05) is 0 Å². The Labute approximate surface area is 122 Å². The van der Waals surface area contributed by atoms with Crippen molar-refractivity contribution in [1.82, 2.24) is 5.32 Å². The smallest absolute Gasteiger partial charge is 0.306 e. The lowest BCUT2D eigenvalue weighted by Crippen LogP contribution is -2.37. The molecule has 108 valence electrons. The third-order valence-corrected chi connectivity index (χ3v) is 5.49. The Hall–Kier alpha value is -1.36. The molecule has 0 aromatic carbocycles. The minimum atomic E-state index is -0.737. The second-order valence-corrected chi connectivity index (χ2v) is 6.80. The molecule has 5 heteroatoms. The van der Waals surface area contributed by atoms with Gasteiger partial charge in [0.1, 0.15) is 0 Å². The van der Waals surface area contributed by atoms with E-state index < -0.39 is 5.97 Å². The van der Waals surface area contributed by atoms with E-state index in [9.17, 15) is 9.59 Å². The van der Waals surface area contributed by atoms with Gasteiger partial charge in [0, 0.05) is 10.9 Å². The summed E-state index contributed by atoms with van der Waals surface area (Å²) in [4.78, 5) is 24.7. The average molecular weight is 293 g/mol. The van der Waals surface area contributed by atoms with E-state index in [0.29, 0.717) is 12.8 Å². The van der Waals surface area contributed by atoms with Gasteiger partial charge in [-0.05, 0) is 55.5 Å². The van der Waals surface area contributed by atoms with Crippen LogP contribution in [0.5, 0.6) is 0 Å². The first-order valence-corrected chi connectivity index (χ1v) is 8.12. The molecule has 2 aliphatic rings. The minimum Gasteiger partial charge on any atom is -0.481 e. The van der Waals surface area contributed by atoms with Gasteiger partial charge in [-0.15, -0.1) is 11.3 Å². The molecule has 0 bridgehead atoms. The van der Waals surface area contributed by atoms with E-state index in [4.69, 9.17) is 5.11 Å². The van der Waals surface area contributed by atoms with Crippen LogP contribution in [0.3, 0.4) is 0 Å². The van der Waals surface area contributed by atoms with Gasteiger partial charge in [0.2, 0.25) is 5.91 Å². The van der Waals surface area contributed by atoms with E-state index >= 15 is 0 Å². The summed E-state index contributed by atoms with van der Waals surface area (Å²) in [6, 6.07) is 2.10. The minimum absolute atomic E-state index is 0.0334. The SMILES string of the molecule is O=C(N[C@H]1CC[C@@H](C(=O)O)C1)C1CCCc2sccc21. The van der Waals surface area contributed by atoms with Gasteiger partial charge in [-0.3, -0.25) is 9.59 Å². The van der Waals surface area contributed by atoms with Gasteiger partial charge in [-0.2, -0.15) is 0 Å². The highest BCUT2D eigenvalue weighted by atomic mass is 32.1. The van der Waals surface area contributed by atoms with Crippen molar-refractivity contribution in [3.05, 3.63) is 21.9 Å². The zero-order valence-electron chi connectivity index (χ0n) is 11.3. The number of carboxylic acid groups (broad SMARTS) is 1. The third-order valence-electron chi connectivity index (χ3n) is 4.50. The fraction of sp³-hybridized carbons (Fsp3) is 0.600. The molecule has 1 unspecified atom stereocenters. The largest absolute Gasteiger partial charge is 0.481 e. The standard InChI is InChI=1S/C15H19NO3S/c17-14(16-10-5-4-9(8-10)15(18)19)12-2-1-3-13-11(12)6-7-20-13/h6-7,9-10,12H,1-5,8H2,(H,16,17)(H,18,19)/t9-,10+,12?/m1/s1. The van der Waals surface area contributed by atoms with E-state index in [-0.39, 0.29) is 23.8 Å². The van der Waals surface area contributed by atoms with Crippen LogP contribution in [0.25, 0.3) is 0 Å². The number of fused-ring (bicyclic) bond motifs is 1. The van der Waals surface area contributed by atoms with E-state index in [0.717, 1.165) is 25.7 Å². The molecule has 1 heterocycles. The van der Waals surface area contributed by atoms with Crippen LogP contribution in [0.15, 0.2) is 11.4 Å². The van der Waals surface area contributed by atoms with Gasteiger partial charge in [-0.25, -0.2) is 0 Å². The maximum Gasteiger partial charge on any atom is 0.306 e. The van der Waals surface area contributed by atoms with Crippen LogP contribution in [0.4, 0.5) is 0 Å². The van der Waals surface area contributed by atoms with E-state index in [1.54, 1.807) is 11.3 Å². The third kappa shape index (κ3) is 2.59. The lowest BCUT2D eigenvalue weighted by atomic mass is 9.87. The van der Waals surface area contributed by atoms with Crippen molar-refractivity contribution < 1.29 is 14.7 Å². The molecule has 1 fully saturated rings. The van der Waals surface area contributed by atoms with Gasteiger partial charge in [-0.1, -0.05) is 0 Å². The molecule has 1 amide bonds. The molecule has 3 rings (SSSR count). The predicted octanol–water partition coefficient (Wildman–Crippen LogP) is 2.54. The van der Waals surface area contributed by atoms with Crippen LogP contribution in [-0.2, 0) is 16.0 Å². The lowest BCUT2D eigenvalue weighted by Gasteiger charge is -2.23. The van der Waals surface area contributed by atoms with Crippen molar-refractivity contribution in [3.63, 3.8) is 0 Å². The predicted molar refractivity (Wildman–Crippen MR) is 76.9 cm³/mol. The number of amides is 1. The van der Waals surface area contributed by atoms with Crippen LogP contribution in [-0.4, -0.2) is 23.0 Å². The van der Waals surface area contributed by atoms with Gasteiger partial charge in [0.25, 0.3) is 0 Å². The number of carbonyl (C=O) groups excluding carboxylic acids is 1. The molecule has 0 aliphatic heterocycles. The van der Waals surface area contributed by atoms with Crippen LogP contribution in [0.2, 0.25) is 0 Å². The second-order valence-electron chi connectivity index (χ2n) is 5.80. The number of rotatable bonds is 3. The van der Waals surface area contributed by atoms with Crippen molar-refractivity contribution >= 4 is 23.2 Å². The Kier molecular flexibility index (Phi) is 3.78. The molecule has 4 nitrogen and oxygen atoms in total. The summed E-state index contributed by atoms with van der Waals surface area (Å²) in [7, 11) is 0. The number of hydrogen-bond acceptors (Lipinski definition) is 3. The zero-order chi connectivity index (χ0) is 14.1. The fourth-order valence-electron chi connectivity index (χ4n) is 3.40. The van der Waals surface area contributed by atoms with E-state index in [1.165, 1.54) is 10.4 Å². The summed E-state index contributed by atoms with van der Waals surface area (Å²) >= 11 is 1.74. The molecule has 1 aromatic heterocycles. The first kappa shape index (κ1) is 13.6. The van der Waals surface area contributed by atoms with Crippen molar-refractivity contribution in [2.24, 2.45) is 5.92 Å². The molecule has 0 saturated heterocycles. The first-order chi connectivity index (χ1) is 9.65. The number of aliphatic carboxylic acids is 1. The Morgan fingerprint density at radius 1 is 1.30 bits per heavy atom. The Morgan fingerprint density at radius 2 is 2.15 bits per heavy atom. The Morgan fingerprint density at radius 3 is 2.90 bits per heavy atom. The summed E-state index contributed by atoms with van der Waals surface area (Å²) in [6.45, 7) is 0. The summed E-state index contributed by atoms with van der Waals surface area (Å²) in [5, 5.41) is 14.1. The number of aryl methyl sites for hydroxylation is 1. The van der Waals surface area contributed by atoms with Gasteiger partial charge < -0.3 is 10.4 Å². The van der Waals surface area contributed by atoms with Crippen LogP contribution in [0.1, 0.15) is 48.5 Å². The zero-order valence-corrected chi connectivity index (χ0v) is 12.1. The van der Waals surface area contributed by atoms with Crippen LogP contribution >= 0.6 is 11.3 Å². The highest BCUT2D eigenvalue weighted by Gasteiger charge is 2.33. The van der Waals surface area contributed by atoms with Crippen molar-refractivity contribution in [2.45, 2.75) is 50.5 Å². The van der Waals surface area contributed by atoms with Crippen molar-refractivity contribution in [2.75, 3.05) is 0 Å². The van der Waals surface area contributed by atoms with Gasteiger partial charge >= 0.3 is 5.97 Å². The molecule has 1 saturated carbocycles. The molecule has 3 atom stereocenters. The second kappa shape index (κ2) is 5.56. The maximum atomic E-state index is 12.4. The Balaban J connectivity index is 1.63. The molecular formula is C15H19NO3S. The maximum absolute atomic E-state index is 12.4. The molecule has 0 spiro atoms. The van der Waals surface area contributed by atoms with Crippen molar-refractivity contribution in [3.8, 4) is 0 Å². The van der Waals surface area contributed by atoms with E-state index in [2.05, 4.69) is 16.8 Å². The molecule has 2 N–H and O–H groups in total. The lowest BCUT2D eigenvalue weighted by molar-refractivity contribution is -0.141. The highest BCUT2D eigenvalue weighted by molar-refractivity contribution is 7.10. The normalized spacial score (nSPS) is 28.9. The first-order valence-electron chi connectivity index (χ1n) is 7.24. The quantitative estimate of drug-likeness (QED) is 0.900. The summed E-state index contributed by atoms with van der Waals surface area (Å²) in [6.07, 6.45) is 5.09. The highest BCUT2D eigenvalue weighted by Crippen LogP contribution is 2.35. The number of hydrogen-bond donors (Lipinski definition) is 2. The monoisotopic (exact) mass is 293 g/mol. The van der Waals surface area contributed by atoms with Crippen LogP contribution < -0.4 is 5.32 Å². The number of nitrogens with one attached hydrogen (secondary N) is 1. The number of thiophene rings is 1. The van der Waals surface area contributed by atoms with Crippen molar-refractivity contribution in [1.29, 1.82) is 0 Å². The average Bonchev–Trinajstić information content (AvgIpc) is 3.05. The topological polar surface area (TPSA) is 66.4 Å². The van der Waals surface area contributed by atoms with Gasteiger partial charge in [0.05, 0.1) is 11.8 Å². The van der Waals surface area contributed by atoms with Gasteiger partial charge in [0.15, 0.2) is 0 Å². The summed E-state index contributed by atoms with van der Waals surface area (Å²) in [5.41, 5.74) is 1.19. The molecular weight excluding hydrogens is 274 g/mol. The number of carbonyl (C=O) groups is 2. The van der Waals surface area contributed by atoms with Crippen LogP contribution in [0, 0.1) is 5.92 Å². The summed E-state index contributed by atoms with van der Waals surface area (Å²) in [5.74, 6) is -0.975. The fourth-order valence-corrected chi connectivity index (χ4v) is 4.38. The summed E-state index contributed by atoms with van der Waals surface area (Å²) < 4.78 is 0. The Bertz CT molecular complexity index is 525. The molecule has 2 aliphatic carbocycles. The molecule has 20 heavy (non-hydrogen) atoms.